The van der Waals surface area contributed by atoms with Crippen molar-refractivity contribution in [1.29, 1.82) is 0 Å². The van der Waals surface area contributed by atoms with E-state index in [1.165, 1.54) is 6.92 Å². The zero-order valence-electron chi connectivity index (χ0n) is 22.7. The number of aliphatic carboxylic acids is 1. The first-order chi connectivity index (χ1) is 17.8. The maximum Gasteiger partial charge on any atom is 0.326 e. The first kappa shape index (κ1) is 30.8. The van der Waals surface area contributed by atoms with Gasteiger partial charge in [0.1, 0.15) is 18.1 Å². The van der Waals surface area contributed by atoms with Crippen LogP contribution in [0.25, 0.3) is 10.9 Å². The Balaban J connectivity index is 2.16. The summed E-state index contributed by atoms with van der Waals surface area (Å²) in [6.07, 6.45) is 1.09. The fourth-order valence-electron chi connectivity index (χ4n) is 4.24. The molecule has 8 N–H and O–H groups in total. The summed E-state index contributed by atoms with van der Waals surface area (Å²) < 4.78 is 0. The number of rotatable bonds is 14. The third-order valence-corrected chi connectivity index (χ3v) is 6.18. The Labute approximate surface area is 222 Å². The quantitative estimate of drug-likeness (QED) is 0.190. The van der Waals surface area contributed by atoms with Crippen LogP contribution in [0.15, 0.2) is 30.5 Å². The largest absolute Gasteiger partial charge is 0.480 e. The van der Waals surface area contributed by atoms with Gasteiger partial charge in [0, 0.05) is 23.5 Å². The fourth-order valence-corrected chi connectivity index (χ4v) is 4.24. The van der Waals surface area contributed by atoms with Crippen molar-refractivity contribution in [2.24, 2.45) is 17.6 Å². The zero-order valence-corrected chi connectivity index (χ0v) is 22.7. The predicted octanol–water partition coefficient (Wildman–Crippen LogP) is 1.05. The number of aromatic nitrogens is 1. The van der Waals surface area contributed by atoms with Gasteiger partial charge < -0.3 is 36.9 Å². The number of carboxylic acids is 1. The number of benzene rings is 1. The molecule has 0 aliphatic heterocycles. The van der Waals surface area contributed by atoms with Gasteiger partial charge in [0.2, 0.25) is 17.7 Å². The summed E-state index contributed by atoms with van der Waals surface area (Å²) in [5, 5.41) is 28.4. The number of para-hydroxylation sites is 1. The van der Waals surface area contributed by atoms with Crippen LogP contribution in [0.1, 0.15) is 53.0 Å². The third-order valence-electron chi connectivity index (χ3n) is 6.18. The van der Waals surface area contributed by atoms with Crippen molar-refractivity contribution in [3.63, 3.8) is 0 Å². The van der Waals surface area contributed by atoms with E-state index in [1.807, 2.05) is 52.0 Å². The minimum Gasteiger partial charge on any atom is -0.480 e. The molecule has 1 aromatic heterocycles. The van der Waals surface area contributed by atoms with Crippen molar-refractivity contribution in [3.8, 4) is 0 Å². The van der Waals surface area contributed by atoms with Gasteiger partial charge in [-0.2, -0.15) is 0 Å². The van der Waals surface area contributed by atoms with Crippen LogP contribution in [-0.2, 0) is 25.6 Å². The van der Waals surface area contributed by atoms with Crippen molar-refractivity contribution in [3.05, 3.63) is 36.0 Å². The van der Waals surface area contributed by atoms with Crippen molar-refractivity contribution < 1.29 is 29.4 Å². The SMILES string of the molecule is CC(C)CC(N)C(=O)NC(C(=O)NC(CC(C)C)C(=O)NC(Cc1c[nH]c2ccccc12)C(=O)O)C(C)O. The Morgan fingerprint density at radius 2 is 1.47 bits per heavy atom. The highest BCUT2D eigenvalue weighted by atomic mass is 16.4. The van der Waals surface area contributed by atoms with E-state index in [0.29, 0.717) is 6.42 Å². The lowest BCUT2D eigenvalue weighted by molar-refractivity contribution is -0.142. The molecule has 0 aliphatic carbocycles. The van der Waals surface area contributed by atoms with Gasteiger partial charge in [0.15, 0.2) is 0 Å². The van der Waals surface area contributed by atoms with E-state index in [-0.39, 0.29) is 24.7 Å². The number of carboxylic acid groups (broad SMARTS) is 1. The number of aromatic amines is 1. The second-order valence-corrected chi connectivity index (χ2v) is 10.6. The molecule has 210 valence electrons. The van der Waals surface area contributed by atoms with Crippen molar-refractivity contribution in [1.82, 2.24) is 20.9 Å². The Morgan fingerprint density at radius 1 is 0.868 bits per heavy atom. The second-order valence-electron chi connectivity index (χ2n) is 10.6. The summed E-state index contributed by atoms with van der Waals surface area (Å²) in [7, 11) is 0. The molecule has 0 fully saturated rings. The molecule has 0 radical (unpaired) electrons. The average molecular weight is 532 g/mol. The van der Waals surface area contributed by atoms with E-state index >= 15 is 0 Å². The molecule has 2 rings (SSSR count). The summed E-state index contributed by atoms with van der Waals surface area (Å²) in [6, 6.07) is 2.90. The zero-order chi connectivity index (χ0) is 28.6. The summed E-state index contributed by atoms with van der Waals surface area (Å²) in [6.45, 7) is 8.86. The number of nitrogens with one attached hydrogen (secondary N) is 4. The lowest BCUT2D eigenvalue weighted by atomic mass is 10.00. The molecule has 11 nitrogen and oxygen atoms in total. The lowest BCUT2D eigenvalue weighted by Crippen LogP contribution is -2.60. The molecular weight excluding hydrogens is 490 g/mol. The molecule has 0 saturated carbocycles. The molecule has 0 bridgehead atoms. The minimum atomic E-state index is -1.34. The molecular formula is C27H41N5O6. The topological polar surface area (TPSA) is 187 Å². The Bertz CT molecular complexity index is 1110. The number of nitrogens with two attached hydrogens (primary N) is 1. The number of aliphatic hydroxyl groups excluding tert-OH is 1. The Kier molecular flexibility index (Phi) is 11.3. The predicted molar refractivity (Wildman–Crippen MR) is 144 cm³/mol. The molecule has 1 heterocycles. The maximum absolute atomic E-state index is 13.2. The number of carbonyl (C=O) groups excluding carboxylic acids is 3. The van der Waals surface area contributed by atoms with E-state index < -0.39 is 54.0 Å². The number of hydrogen-bond acceptors (Lipinski definition) is 6. The Morgan fingerprint density at radius 3 is 2.05 bits per heavy atom. The van der Waals surface area contributed by atoms with Gasteiger partial charge in [0.05, 0.1) is 12.1 Å². The second kappa shape index (κ2) is 13.9. The van der Waals surface area contributed by atoms with Crippen LogP contribution in [0, 0.1) is 11.8 Å². The Hall–Kier alpha value is -3.44. The molecule has 38 heavy (non-hydrogen) atoms. The number of hydrogen-bond donors (Lipinski definition) is 7. The van der Waals surface area contributed by atoms with Crippen molar-refractivity contribution in [2.75, 3.05) is 0 Å². The maximum atomic E-state index is 13.2. The fraction of sp³-hybridized carbons (Fsp3) is 0.556. The van der Waals surface area contributed by atoms with Crippen LogP contribution in [0.4, 0.5) is 0 Å². The summed E-state index contributed by atoms with van der Waals surface area (Å²) in [5.74, 6) is -3.12. The van der Waals surface area contributed by atoms with Crippen molar-refractivity contribution in [2.45, 2.75) is 84.2 Å². The first-order valence-corrected chi connectivity index (χ1v) is 12.9. The standard InChI is InChI=1S/C27H41N5O6/c1-14(2)10-19(28)24(34)32-23(16(5)33)26(36)30-21(11-15(3)4)25(35)31-22(27(37)38)12-17-13-29-20-9-7-6-8-18(17)20/h6-9,13-16,19,21-23,29,33H,10-12,28H2,1-5H3,(H,30,36)(H,31,35)(H,32,34)(H,37,38). The normalized spacial score (nSPS) is 15.5. The van der Waals surface area contributed by atoms with Crippen LogP contribution >= 0.6 is 0 Å². The van der Waals surface area contributed by atoms with Crippen LogP contribution in [0.5, 0.6) is 0 Å². The molecule has 1 aromatic carbocycles. The summed E-state index contributed by atoms with van der Waals surface area (Å²) >= 11 is 0. The highest BCUT2D eigenvalue weighted by Crippen LogP contribution is 2.19. The van der Waals surface area contributed by atoms with E-state index in [4.69, 9.17) is 5.73 Å². The van der Waals surface area contributed by atoms with Crippen LogP contribution in [0.3, 0.4) is 0 Å². The van der Waals surface area contributed by atoms with E-state index in [2.05, 4.69) is 20.9 Å². The first-order valence-electron chi connectivity index (χ1n) is 12.9. The molecule has 0 aliphatic rings. The molecule has 5 atom stereocenters. The van der Waals surface area contributed by atoms with Gasteiger partial charge in [-0.1, -0.05) is 45.9 Å². The molecule has 5 unspecified atom stereocenters. The number of fused-ring (bicyclic) bond motifs is 1. The molecule has 2 aromatic rings. The summed E-state index contributed by atoms with van der Waals surface area (Å²) in [4.78, 5) is 53.8. The molecule has 0 spiro atoms. The summed E-state index contributed by atoms with van der Waals surface area (Å²) in [5.41, 5.74) is 7.49. The van der Waals surface area contributed by atoms with Crippen LogP contribution < -0.4 is 21.7 Å². The number of H-pyrrole nitrogens is 1. The van der Waals surface area contributed by atoms with Gasteiger partial charge in [-0.25, -0.2) is 4.79 Å². The van der Waals surface area contributed by atoms with E-state index in [9.17, 15) is 29.4 Å². The monoisotopic (exact) mass is 531 g/mol. The van der Waals surface area contributed by atoms with Gasteiger partial charge in [-0.3, -0.25) is 14.4 Å². The molecule has 0 saturated heterocycles. The molecule has 11 heteroatoms. The van der Waals surface area contributed by atoms with Gasteiger partial charge in [0.25, 0.3) is 0 Å². The minimum absolute atomic E-state index is 0.0259. The average Bonchev–Trinajstić information content (AvgIpc) is 3.23. The van der Waals surface area contributed by atoms with Crippen LogP contribution in [-0.4, -0.2) is 69.2 Å². The van der Waals surface area contributed by atoms with E-state index in [1.54, 1.807) is 6.20 Å². The van der Waals surface area contributed by atoms with Gasteiger partial charge in [-0.05, 0) is 43.2 Å². The number of amides is 3. The third kappa shape index (κ3) is 8.84. The molecule has 3 amide bonds. The smallest absolute Gasteiger partial charge is 0.326 e. The van der Waals surface area contributed by atoms with Crippen LogP contribution in [0.2, 0.25) is 0 Å². The van der Waals surface area contributed by atoms with Gasteiger partial charge >= 0.3 is 5.97 Å². The highest BCUT2D eigenvalue weighted by Gasteiger charge is 2.33. The number of aliphatic hydroxyl groups is 1. The van der Waals surface area contributed by atoms with Crippen molar-refractivity contribution >= 4 is 34.6 Å². The van der Waals surface area contributed by atoms with Gasteiger partial charge in [-0.15, -0.1) is 0 Å². The highest BCUT2D eigenvalue weighted by molar-refractivity contribution is 5.94. The van der Waals surface area contributed by atoms with E-state index in [0.717, 1.165) is 16.5 Å². The number of carbonyl (C=O) groups is 4. The lowest BCUT2D eigenvalue weighted by Gasteiger charge is -2.27.